The minimum atomic E-state index is -0.849. The molecule has 0 heterocycles. The lowest BCUT2D eigenvalue weighted by Gasteiger charge is -2.29. The van der Waals surface area contributed by atoms with Crippen LogP contribution in [0.4, 0.5) is 0 Å². The second kappa shape index (κ2) is 19.5. The van der Waals surface area contributed by atoms with Gasteiger partial charge in [0.2, 0.25) is 0 Å². The number of carbonyl (C=O) groups is 1. The van der Waals surface area contributed by atoms with Crippen LogP contribution in [-0.2, 0) is 4.79 Å². The number of unbranched alkanes of at least 4 members (excludes halogenated alkanes) is 14. The zero-order valence-electron chi connectivity index (χ0n) is 19.3. The second-order valence-electron chi connectivity index (χ2n) is 8.31. The van der Waals surface area contributed by atoms with Crippen molar-refractivity contribution in [2.24, 2.45) is 0 Å². The third-order valence-electron chi connectivity index (χ3n) is 6.01. The predicted octanol–water partition coefficient (Wildman–Crippen LogP) is 7.60. The molecule has 0 aromatic heterocycles. The van der Waals surface area contributed by atoms with Crippen LogP contribution in [0.3, 0.4) is 0 Å². The first kappa shape index (κ1) is 27.2. The lowest BCUT2D eigenvalue weighted by molar-refractivity contribution is -0.133. The third-order valence-corrected chi connectivity index (χ3v) is 6.01. The molecular weight excluding hydrogens is 346 g/mol. The molecule has 0 aliphatic carbocycles. The van der Waals surface area contributed by atoms with Gasteiger partial charge in [-0.1, -0.05) is 124 Å². The number of rotatable bonds is 21. The molecule has 1 atom stereocenters. The molecule has 0 radical (unpaired) electrons. The van der Waals surface area contributed by atoms with E-state index in [-0.39, 0.29) is 6.04 Å². The standard InChI is InChI=1S/C25H49NO2/c1-5-8-9-10-11-12-13-14-15-16-17-18-19-20-21-22-24(23(4)25(27)28)26(6-2)7-3/h24H,4-22H2,1-3H3,(H,27,28). The van der Waals surface area contributed by atoms with Crippen molar-refractivity contribution in [3.63, 3.8) is 0 Å². The van der Waals surface area contributed by atoms with E-state index in [1.54, 1.807) is 0 Å². The molecule has 0 spiro atoms. The van der Waals surface area contributed by atoms with Crippen molar-refractivity contribution in [3.8, 4) is 0 Å². The first-order valence-electron chi connectivity index (χ1n) is 12.2. The average molecular weight is 396 g/mol. The van der Waals surface area contributed by atoms with Gasteiger partial charge in [0.05, 0.1) is 0 Å². The summed E-state index contributed by atoms with van der Waals surface area (Å²) in [6.07, 6.45) is 21.3. The number of nitrogens with zero attached hydrogens (tertiary/aromatic N) is 1. The maximum atomic E-state index is 11.3. The summed E-state index contributed by atoms with van der Waals surface area (Å²) in [5.41, 5.74) is 0.356. The Kier molecular flexibility index (Phi) is 18.9. The van der Waals surface area contributed by atoms with Gasteiger partial charge in [-0.05, 0) is 19.5 Å². The fourth-order valence-corrected chi connectivity index (χ4v) is 4.09. The number of hydrogen-bond acceptors (Lipinski definition) is 2. The fourth-order valence-electron chi connectivity index (χ4n) is 4.09. The first-order chi connectivity index (χ1) is 13.6. The van der Waals surface area contributed by atoms with Crippen LogP contribution >= 0.6 is 0 Å². The van der Waals surface area contributed by atoms with Gasteiger partial charge in [-0.2, -0.15) is 0 Å². The lowest BCUT2D eigenvalue weighted by Crippen LogP contribution is -2.38. The number of likely N-dealkylation sites (N-methyl/N-ethyl adjacent to an activating group) is 1. The van der Waals surface area contributed by atoms with Gasteiger partial charge in [0, 0.05) is 11.6 Å². The van der Waals surface area contributed by atoms with E-state index in [0.29, 0.717) is 5.57 Å². The zero-order chi connectivity index (χ0) is 21.0. The number of carboxylic acids is 1. The topological polar surface area (TPSA) is 40.5 Å². The van der Waals surface area contributed by atoms with Crippen LogP contribution in [0.2, 0.25) is 0 Å². The molecule has 3 heteroatoms. The Balaban J connectivity index is 3.61. The molecule has 28 heavy (non-hydrogen) atoms. The molecule has 0 aliphatic rings. The van der Waals surface area contributed by atoms with Crippen LogP contribution in [-0.4, -0.2) is 35.1 Å². The lowest BCUT2D eigenvalue weighted by atomic mass is 9.98. The number of hydrogen-bond donors (Lipinski definition) is 1. The van der Waals surface area contributed by atoms with Crippen LogP contribution in [0, 0.1) is 0 Å². The van der Waals surface area contributed by atoms with Crippen LogP contribution in [0.25, 0.3) is 0 Å². The van der Waals surface area contributed by atoms with Crippen molar-refractivity contribution >= 4 is 5.97 Å². The molecular formula is C25H49NO2. The summed E-state index contributed by atoms with van der Waals surface area (Å²) in [5, 5.41) is 9.29. The zero-order valence-corrected chi connectivity index (χ0v) is 19.3. The predicted molar refractivity (Wildman–Crippen MR) is 123 cm³/mol. The van der Waals surface area contributed by atoms with Gasteiger partial charge < -0.3 is 5.11 Å². The van der Waals surface area contributed by atoms with E-state index in [0.717, 1.165) is 25.9 Å². The molecule has 0 amide bonds. The molecule has 0 aliphatic heterocycles. The van der Waals surface area contributed by atoms with Crippen molar-refractivity contribution in [3.05, 3.63) is 12.2 Å². The van der Waals surface area contributed by atoms with Gasteiger partial charge in [0.25, 0.3) is 0 Å². The van der Waals surface area contributed by atoms with E-state index in [1.807, 2.05) is 0 Å². The van der Waals surface area contributed by atoms with E-state index >= 15 is 0 Å². The van der Waals surface area contributed by atoms with Crippen molar-refractivity contribution in [1.82, 2.24) is 4.90 Å². The second-order valence-corrected chi connectivity index (χ2v) is 8.31. The average Bonchev–Trinajstić information content (AvgIpc) is 2.69. The molecule has 166 valence electrons. The van der Waals surface area contributed by atoms with Gasteiger partial charge in [0.1, 0.15) is 0 Å². The smallest absolute Gasteiger partial charge is 0.332 e. The molecule has 0 aromatic rings. The molecule has 0 bridgehead atoms. The van der Waals surface area contributed by atoms with Gasteiger partial charge in [-0.25, -0.2) is 4.79 Å². The Hall–Kier alpha value is -0.830. The Bertz CT molecular complexity index is 377. The summed E-state index contributed by atoms with van der Waals surface area (Å²) in [6.45, 7) is 12.0. The Labute approximate surface area is 176 Å². The minimum absolute atomic E-state index is 0.00512. The van der Waals surface area contributed by atoms with Crippen molar-refractivity contribution in [2.45, 2.75) is 130 Å². The SMILES string of the molecule is C=C(C(=O)O)C(CCCCCCCCCCCCCCCCC)N(CC)CC. The molecule has 0 saturated carbocycles. The highest BCUT2D eigenvalue weighted by Crippen LogP contribution is 2.19. The molecule has 3 nitrogen and oxygen atoms in total. The highest BCUT2D eigenvalue weighted by atomic mass is 16.4. The monoisotopic (exact) mass is 395 g/mol. The minimum Gasteiger partial charge on any atom is -0.478 e. The summed E-state index contributed by atoms with van der Waals surface area (Å²) < 4.78 is 0. The van der Waals surface area contributed by atoms with Gasteiger partial charge in [-0.3, -0.25) is 4.90 Å². The van der Waals surface area contributed by atoms with E-state index in [4.69, 9.17) is 0 Å². The summed E-state index contributed by atoms with van der Waals surface area (Å²) in [6, 6.07) is -0.00512. The van der Waals surface area contributed by atoms with E-state index in [2.05, 4.69) is 32.3 Å². The summed E-state index contributed by atoms with van der Waals surface area (Å²) in [7, 11) is 0. The number of carboxylic acid groups (broad SMARTS) is 1. The van der Waals surface area contributed by atoms with Crippen LogP contribution < -0.4 is 0 Å². The van der Waals surface area contributed by atoms with Crippen molar-refractivity contribution < 1.29 is 9.90 Å². The fraction of sp³-hybridized carbons (Fsp3) is 0.880. The van der Waals surface area contributed by atoms with Gasteiger partial charge in [0.15, 0.2) is 0 Å². The normalized spacial score (nSPS) is 12.4. The first-order valence-corrected chi connectivity index (χ1v) is 12.2. The molecule has 0 saturated heterocycles. The van der Waals surface area contributed by atoms with Crippen LogP contribution in [0.5, 0.6) is 0 Å². The quantitative estimate of drug-likeness (QED) is 0.161. The Morgan fingerprint density at radius 1 is 0.714 bits per heavy atom. The van der Waals surface area contributed by atoms with Crippen LogP contribution in [0.1, 0.15) is 124 Å². The van der Waals surface area contributed by atoms with Crippen molar-refractivity contribution in [2.75, 3.05) is 13.1 Å². The maximum Gasteiger partial charge on any atom is 0.332 e. The third kappa shape index (κ3) is 14.2. The molecule has 1 N–H and O–H groups in total. The largest absolute Gasteiger partial charge is 0.478 e. The molecule has 0 aromatic carbocycles. The summed E-state index contributed by atoms with van der Waals surface area (Å²) in [4.78, 5) is 13.5. The highest BCUT2D eigenvalue weighted by Gasteiger charge is 2.22. The van der Waals surface area contributed by atoms with E-state index in [1.165, 1.54) is 89.9 Å². The van der Waals surface area contributed by atoms with Gasteiger partial charge >= 0.3 is 5.97 Å². The molecule has 0 fully saturated rings. The Morgan fingerprint density at radius 3 is 1.39 bits per heavy atom. The van der Waals surface area contributed by atoms with Crippen molar-refractivity contribution in [1.29, 1.82) is 0 Å². The number of aliphatic carboxylic acids is 1. The maximum absolute atomic E-state index is 11.3. The summed E-state index contributed by atoms with van der Waals surface area (Å²) >= 11 is 0. The van der Waals surface area contributed by atoms with E-state index in [9.17, 15) is 9.90 Å². The Morgan fingerprint density at radius 2 is 1.07 bits per heavy atom. The van der Waals surface area contributed by atoms with Gasteiger partial charge in [-0.15, -0.1) is 0 Å². The highest BCUT2D eigenvalue weighted by molar-refractivity contribution is 5.87. The van der Waals surface area contributed by atoms with E-state index < -0.39 is 5.97 Å². The summed E-state index contributed by atoms with van der Waals surface area (Å²) in [5.74, 6) is -0.849. The molecule has 1 unspecified atom stereocenters. The van der Waals surface area contributed by atoms with Crippen LogP contribution in [0.15, 0.2) is 12.2 Å². The molecule has 0 rings (SSSR count).